The minimum atomic E-state index is -3.97. The second-order valence-electron chi connectivity index (χ2n) is 6.71. The summed E-state index contributed by atoms with van der Waals surface area (Å²) < 4.78 is 33.7. The molecule has 8 heteroatoms. The third kappa shape index (κ3) is 6.73. The molecule has 0 bridgehead atoms. The molecule has 0 radical (unpaired) electrons. The minimum Gasteiger partial charge on any atom is -0.492 e. The molecule has 0 heterocycles. The van der Waals surface area contributed by atoms with E-state index in [0.29, 0.717) is 12.4 Å². The van der Waals surface area contributed by atoms with Crippen LogP contribution < -0.4 is 14.8 Å². The van der Waals surface area contributed by atoms with Crippen LogP contribution in [0, 0.1) is 0 Å². The van der Waals surface area contributed by atoms with Crippen LogP contribution in [-0.4, -0.2) is 33.0 Å². The van der Waals surface area contributed by atoms with Gasteiger partial charge in [0.05, 0.1) is 16.5 Å². The highest BCUT2D eigenvalue weighted by atomic mass is 35.5. The van der Waals surface area contributed by atoms with Crippen LogP contribution in [0.4, 0.5) is 0 Å². The van der Waals surface area contributed by atoms with E-state index >= 15 is 0 Å². The number of carbonyl (C=O) groups is 1. The summed E-state index contributed by atoms with van der Waals surface area (Å²) in [7, 11) is -3.97. The Hall–Kier alpha value is -2.09. The predicted molar refractivity (Wildman–Crippen MR) is 115 cm³/mol. The normalized spacial score (nSPS) is 13.5. The number of halogens is 1. The van der Waals surface area contributed by atoms with Crippen molar-refractivity contribution in [3.63, 3.8) is 0 Å². The topological polar surface area (TPSA) is 84.5 Å². The average molecular weight is 439 g/mol. The Kier molecular flexibility index (Phi) is 8.49. The molecular weight excluding hydrogens is 412 g/mol. The molecule has 0 spiro atoms. The lowest BCUT2D eigenvalue weighted by molar-refractivity contribution is -0.123. The van der Waals surface area contributed by atoms with E-state index in [1.54, 1.807) is 0 Å². The van der Waals surface area contributed by atoms with Gasteiger partial charge in [0.25, 0.3) is 0 Å². The van der Waals surface area contributed by atoms with E-state index in [-0.39, 0.29) is 28.3 Å². The van der Waals surface area contributed by atoms with Gasteiger partial charge in [0.2, 0.25) is 15.9 Å². The first-order valence-electron chi connectivity index (χ1n) is 9.55. The van der Waals surface area contributed by atoms with Gasteiger partial charge in [-0.15, -0.1) is 0 Å². The van der Waals surface area contributed by atoms with Crippen molar-refractivity contribution in [2.75, 3.05) is 6.61 Å². The summed E-state index contributed by atoms with van der Waals surface area (Å²) in [6, 6.07) is 12.5. The first-order valence-corrected chi connectivity index (χ1v) is 11.4. The van der Waals surface area contributed by atoms with Crippen molar-refractivity contribution in [1.29, 1.82) is 0 Å². The van der Waals surface area contributed by atoms with E-state index < -0.39 is 16.1 Å². The third-order valence-corrected chi connectivity index (χ3v) is 6.18. The fraction of sp³-hybridized carbons (Fsp3) is 0.381. The molecule has 158 valence electrons. The van der Waals surface area contributed by atoms with Gasteiger partial charge in [-0.2, -0.15) is 4.72 Å². The SMILES string of the molecule is CCOc1ccc(S(=O)(=O)N[C@@H](Cc2ccccc2)C(=O)N[C@H](C)CC)cc1Cl. The number of hydrogen-bond acceptors (Lipinski definition) is 4. The van der Waals surface area contributed by atoms with Gasteiger partial charge < -0.3 is 10.1 Å². The molecule has 0 saturated carbocycles. The Morgan fingerprint density at radius 1 is 1.14 bits per heavy atom. The summed E-state index contributed by atoms with van der Waals surface area (Å²) in [4.78, 5) is 12.7. The Morgan fingerprint density at radius 2 is 1.83 bits per heavy atom. The number of hydrogen-bond donors (Lipinski definition) is 2. The second kappa shape index (κ2) is 10.6. The van der Waals surface area contributed by atoms with Gasteiger partial charge in [-0.3, -0.25) is 4.79 Å². The van der Waals surface area contributed by atoms with Crippen molar-refractivity contribution < 1.29 is 17.9 Å². The molecule has 6 nitrogen and oxygen atoms in total. The van der Waals surface area contributed by atoms with Gasteiger partial charge in [0.15, 0.2) is 0 Å². The van der Waals surface area contributed by atoms with Gasteiger partial charge in [-0.25, -0.2) is 8.42 Å². The van der Waals surface area contributed by atoms with Gasteiger partial charge in [0.1, 0.15) is 11.8 Å². The lowest BCUT2D eigenvalue weighted by Crippen LogP contribution is -2.50. The van der Waals surface area contributed by atoms with Crippen LogP contribution in [0.3, 0.4) is 0 Å². The van der Waals surface area contributed by atoms with E-state index in [9.17, 15) is 13.2 Å². The van der Waals surface area contributed by atoms with Crippen LogP contribution in [-0.2, 0) is 21.2 Å². The number of carbonyl (C=O) groups excluding carboxylic acids is 1. The molecule has 2 aromatic carbocycles. The highest BCUT2D eigenvalue weighted by Gasteiger charge is 2.27. The lowest BCUT2D eigenvalue weighted by Gasteiger charge is -2.21. The third-order valence-electron chi connectivity index (χ3n) is 4.41. The Bertz CT molecular complexity index is 920. The van der Waals surface area contributed by atoms with Crippen molar-refractivity contribution in [3.8, 4) is 5.75 Å². The molecule has 2 atom stereocenters. The molecular formula is C21H27ClN2O4S. The second-order valence-corrected chi connectivity index (χ2v) is 8.83. The smallest absolute Gasteiger partial charge is 0.241 e. The monoisotopic (exact) mass is 438 g/mol. The van der Waals surface area contributed by atoms with E-state index in [0.717, 1.165) is 12.0 Å². The fourth-order valence-electron chi connectivity index (χ4n) is 2.66. The van der Waals surface area contributed by atoms with Gasteiger partial charge in [0, 0.05) is 6.04 Å². The quantitative estimate of drug-likeness (QED) is 0.594. The maximum absolute atomic E-state index is 12.9. The average Bonchev–Trinajstić information content (AvgIpc) is 2.69. The first-order chi connectivity index (χ1) is 13.8. The number of sulfonamides is 1. The van der Waals surface area contributed by atoms with Crippen LogP contribution in [0.15, 0.2) is 53.4 Å². The molecule has 0 aromatic heterocycles. The number of benzene rings is 2. The van der Waals surface area contributed by atoms with Crippen LogP contribution in [0.5, 0.6) is 5.75 Å². The minimum absolute atomic E-state index is 0.0274. The zero-order valence-electron chi connectivity index (χ0n) is 16.8. The summed E-state index contributed by atoms with van der Waals surface area (Å²) in [6.45, 7) is 6.05. The van der Waals surface area contributed by atoms with Crippen LogP contribution >= 0.6 is 11.6 Å². The Labute approximate surface area is 177 Å². The highest BCUT2D eigenvalue weighted by molar-refractivity contribution is 7.89. The summed E-state index contributed by atoms with van der Waals surface area (Å²) in [5.41, 5.74) is 0.851. The molecule has 2 rings (SSSR count). The van der Waals surface area contributed by atoms with E-state index in [2.05, 4.69) is 10.0 Å². The highest BCUT2D eigenvalue weighted by Crippen LogP contribution is 2.27. The number of ether oxygens (including phenoxy) is 1. The van der Waals surface area contributed by atoms with Crippen LogP contribution in [0.1, 0.15) is 32.8 Å². The standard InChI is InChI=1S/C21H27ClN2O4S/c1-4-15(3)23-21(25)19(13-16-9-7-6-8-10-16)24-29(26,27)17-11-12-20(28-5-2)18(22)14-17/h6-12,14-15,19,24H,4-5,13H2,1-3H3,(H,23,25)/t15-,19+/m1/s1. The molecule has 0 aliphatic carbocycles. The largest absolute Gasteiger partial charge is 0.492 e. The molecule has 0 unspecified atom stereocenters. The molecule has 1 amide bonds. The van der Waals surface area contributed by atoms with E-state index in [1.165, 1.54) is 18.2 Å². The molecule has 2 aromatic rings. The zero-order valence-corrected chi connectivity index (χ0v) is 18.4. The van der Waals surface area contributed by atoms with Crippen molar-refractivity contribution in [3.05, 3.63) is 59.1 Å². The van der Waals surface area contributed by atoms with Crippen molar-refractivity contribution >= 4 is 27.5 Å². The molecule has 29 heavy (non-hydrogen) atoms. The van der Waals surface area contributed by atoms with Gasteiger partial charge >= 0.3 is 0 Å². The van der Waals surface area contributed by atoms with Gasteiger partial charge in [-0.1, -0.05) is 48.9 Å². The maximum Gasteiger partial charge on any atom is 0.241 e. The maximum atomic E-state index is 12.9. The fourth-order valence-corrected chi connectivity index (χ4v) is 4.18. The summed E-state index contributed by atoms with van der Waals surface area (Å²) in [5, 5.41) is 3.04. The summed E-state index contributed by atoms with van der Waals surface area (Å²) in [5.74, 6) is 0.0345. The molecule has 0 fully saturated rings. The van der Waals surface area contributed by atoms with Crippen molar-refractivity contribution in [2.24, 2.45) is 0 Å². The molecule has 0 aliphatic heterocycles. The van der Waals surface area contributed by atoms with Crippen LogP contribution in [0.2, 0.25) is 5.02 Å². The molecule has 0 saturated heterocycles. The van der Waals surface area contributed by atoms with Gasteiger partial charge in [-0.05, 0) is 50.5 Å². The Morgan fingerprint density at radius 3 is 2.41 bits per heavy atom. The number of rotatable bonds is 10. The number of nitrogens with one attached hydrogen (secondary N) is 2. The van der Waals surface area contributed by atoms with Crippen molar-refractivity contribution in [1.82, 2.24) is 10.0 Å². The summed E-state index contributed by atoms with van der Waals surface area (Å²) in [6.07, 6.45) is 0.970. The number of amides is 1. The zero-order chi connectivity index (χ0) is 21.4. The van der Waals surface area contributed by atoms with Crippen molar-refractivity contribution in [2.45, 2.75) is 50.6 Å². The lowest BCUT2D eigenvalue weighted by atomic mass is 10.1. The van der Waals surface area contributed by atoms with E-state index in [1.807, 2.05) is 51.1 Å². The molecule has 0 aliphatic rings. The summed E-state index contributed by atoms with van der Waals surface area (Å²) >= 11 is 6.13. The Balaban J connectivity index is 2.28. The van der Waals surface area contributed by atoms with E-state index in [4.69, 9.17) is 16.3 Å². The predicted octanol–water partition coefficient (Wildman–Crippen LogP) is 3.54. The molecule has 2 N–H and O–H groups in total. The van der Waals surface area contributed by atoms with Crippen LogP contribution in [0.25, 0.3) is 0 Å². The first kappa shape index (κ1) is 23.2.